The second-order valence-electron chi connectivity index (χ2n) is 7.56. The lowest BCUT2D eigenvalue weighted by molar-refractivity contribution is -0.141. The van der Waals surface area contributed by atoms with E-state index in [-0.39, 0.29) is 17.9 Å². The molecule has 2 aromatic heterocycles. The zero-order valence-corrected chi connectivity index (χ0v) is 18.3. The Kier molecular flexibility index (Phi) is 4.73. The Morgan fingerprint density at radius 2 is 1.84 bits per heavy atom. The Balaban J connectivity index is 1.44. The molecule has 1 aliphatic rings. The Morgan fingerprint density at radius 3 is 2.48 bits per heavy atom. The first-order chi connectivity index (χ1) is 14.9. The normalized spacial score (nSPS) is 16.4. The van der Waals surface area contributed by atoms with Crippen LogP contribution in [-0.2, 0) is 21.4 Å². The minimum atomic E-state index is -3.80. The monoisotopic (exact) mass is 452 g/mol. The van der Waals surface area contributed by atoms with Gasteiger partial charge in [0, 0.05) is 26.4 Å². The maximum Gasteiger partial charge on any atom is 0.322 e. The van der Waals surface area contributed by atoms with Crippen LogP contribution in [0.15, 0.2) is 65.6 Å². The van der Waals surface area contributed by atoms with Crippen molar-refractivity contribution in [3.63, 3.8) is 0 Å². The summed E-state index contributed by atoms with van der Waals surface area (Å²) in [7, 11) is -3.80. The third-order valence-corrected chi connectivity index (χ3v) is 8.91. The molecule has 1 atom stereocenters. The van der Waals surface area contributed by atoms with Gasteiger partial charge in [0.2, 0.25) is 10.0 Å². The van der Waals surface area contributed by atoms with E-state index in [4.69, 9.17) is 0 Å². The molecule has 31 heavy (non-hydrogen) atoms. The second kappa shape index (κ2) is 7.33. The van der Waals surface area contributed by atoms with E-state index in [1.165, 1.54) is 11.3 Å². The molecule has 8 heteroatoms. The lowest BCUT2D eigenvalue weighted by Crippen LogP contribution is -2.40. The van der Waals surface area contributed by atoms with Crippen molar-refractivity contribution in [2.45, 2.75) is 30.8 Å². The number of nitrogens with zero attached hydrogens (tertiary/aromatic N) is 1. The van der Waals surface area contributed by atoms with E-state index < -0.39 is 22.0 Å². The Hall–Kier alpha value is -2.94. The quantitative estimate of drug-likeness (QED) is 0.449. The van der Waals surface area contributed by atoms with Crippen molar-refractivity contribution in [1.29, 1.82) is 0 Å². The fraction of sp³-hybridized carbons (Fsp3) is 0.174. The molecule has 3 heterocycles. The lowest BCUT2D eigenvalue weighted by Gasteiger charge is -2.21. The number of aliphatic carboxylic acids is 1. The molecular weight excluding hydrogens is 432 g/mol. The number of hydrogen-bond donors (Lipinski definition) is 2. The summed E-state index contributed by atoms with van der Waals surface area (Å²) in [6, 6.07) is 18.8. The Labute approximate surface area is 183 Å². The van der Waals surface area contributed by atoms with Gasteiger partial charge < -0.3 is 10.1 Å². The minimum Gasteiger partial charge on any atom is -0.480 e. The number of benzene rings is 2. The minimum absolute atomic E-state index is 0.111. The van der Waals surface area contributed by atoms with E-state index >= 15 is 0 Å². The summed E-state index contributed by atoms with van der Waals surface area (Å²) in [6.07, 6.45) is 0.228. The van der Waals surface area contributed by atoms with Crippen LogP contribution in [0.3, 0.4) is 0 Å². The number of carboxylic acids is 1. The molecule has 0 fully saturated rings. The number of aromatic nitrogens is 1. The smallest absolute Gasteiger partial charge is 0.322 e. The standard InChI is InChI=1S/C23H20N2O4S2/c1-2-19(23(26)27)25-13-21-22(31(25,28)29)12-20(30-21)15-9-7-14(8-10-15)18-11-16-5-3-4-6-17(16)24-18/h3-12,19,24H,2,13H2,1H3,(H,26,27). The summed E-state index contributed by atoms with van der Waals surface area (Å²) in [4.78, 5) is 16.7. The predicted octanol–water partition coefficient (Wildman–Crippen LogP) is 4.93. The maximum absolute atomic E-state index is 12.9. The number of rotatable bonds is 5. The Bertz CT molecular complexity index is 1370. The van der Waals surface area contributed by atoms with Gasteiger partial charge in [0.1, 0.15) is 6.04 Å². The van der Waals surface area contributed by atoms with Gasteiger partial charge in [0.05, 0.1) is 11.4 Å². The molecule has 1 unspecified atom stereocenters. The number of nitrogens with one attached hydrogen (secondary N) is 1. The van der Waals surface area contributed by atoms with Crippen LogP contribution >= 0.6 is 11.3 Å². The molecule has 2 N–H and O–H groups in total. The zero-order valence-electron chi connectivity index (χ0n) is 16.7. The fourth-order valence-electron chi connectivity index (χ4n) is 4.06. The number of para-hydroxylation sites is 1. The van der Waals surface area contributed by atoms with Gasteiger partial charge in [-0.05, 0) is 35.7 Å². The molecule has 2 aromatic carbocycles. The lowest BCUT2D eigenvalue weighted by atomic mass is 10.1. The number of fused-ring (bicyclic) bond motifs is 2. The van der Waals surface area contributed by atoms with E-state index in [0.717, 1.165) is 36.9 Å². The summed E-state index contributed by atoms with van der Waals surface area (Å²) in [5.74, 6) is -1.12. The van der Waals surface area contributed by atoms with Gasteiger partial charge in [0.25, 0.3) is 0 Å². The molecule has 0 saturated carbocycles. The average molecular weight is 453 g/mol. The number of carbonyl (C=O) groups is 1. The van der Waals surface area contributed by atoms with E-state index in [1.54, 1.807) is 13.0 Å². The van der Waals surface area contributed by atoms with Gasteiger partial charge in [-0.1, -0.05) is 49.4 Å². The average Bonchev–Trinajstić information content (AvgIpc) is 3.43. The molecule has 0 radical (unpaired) electrons. The summed E-state index contributed by atoms with van der Waals surface area (Å²) in [5, 5.41) is 10.5. The van der Waals surface area contributed by atoms with Crippen LogP contribution in [0.2, 0.25) is 0 Å². The number of carboxylic acid groups (broad SMARTS) is 1. The second-order valence-corrected chi connectivity index (χ2v) is 10.6. The molecule has 158 valence electrons. The highest BCUT2D eigenvalue weighted by Crippen LogP contribution is 2.42. The van der Waals surface area contributed by atoms with Gasteiger partial charge >= 0.3 is 5.97 Å². The highest BCUT2D eigenvalue weighted by Gasteiger charge is 2.43. The Morgan fingerprint density at radius 1 is 1.13 bits per heavy atom. The van der Waals surface area contributed by atoms with Crippen molar-refractivity contribution in [1.82, 2.24) is 9.29 Å². The molecule has 0 amide bonds. The number of thiophene rings is 1. The van der Waals surface area contributed by atoms with Crippen LogP contribution in [0.5, 0.6) is 0 Å². The molecule has 6 nitrogen and oxygen atoms in total. The van der Waals surface area contributed by atoms with Gasteiger partial charge in [-0.2, -0.15) is 4.31 Å². The maximum atomic E-state index is 12.9. The van der Waals surface area contributed by atoms with Crippen LogP contribution in [0.25, 0.3) is 32.6 Å². The number of hydrogen-bond acceptors (Lipinski definition) is 4. The highest BCUT2D eigenvalue weighted by atomic mass is 32.2. The molecule has 0 saturated heterocycles. The fourth-order valence-corrected chi connectivity index (χ4v) is 7.46. The summed E-state index contributed by atoms with van der Waals surface area (Å²) in [6.45, 7) is 1.79. The van der Waals surface area contributed by atoms with Crippen molar-refractivity contribution in [3.05, 3.63) is 65.5 Å². The first kappa shape index (κ1) is 20.0. The SMILES string of the molecule is CCC(C(=O)O)N1Cc2sc(-c3ccc(-c4cc5ccccc5[nH]4)cc3)cc2S1(=O)=O. The van der Waals surface area contributed by atoms with E-state index in [0.29, 0.717) is 4.88 Å². The van der Waals surface area contributed by atoms with Crippen LogP contribution in [-0.4, -0.2) is 34.8 Å². The van der Waals surface area contributed by atoms with E-state index in [9.17, 15) is 18.3 Å². The van der Waals surface area contributed by atoms with Crippen molar-refractivity contribution < 1.29 is 18.3 Å². The molecular formula is C23H20N2O4S2. The summed E-state index contributed by atoms with van der Waals surface area (Å²) in [5.41, 5.74) is 4.10. The molecule has 4 aromatic rings. The summed E-state index contributed by atoms with van der Waals surface area (Å²) < 4.78 is 26.9. The van der Waals surface area contributed by atoms with Crippen LogP contribution in [0.1, 0.15) is 18.2 Å². The number of sulfonamides is 1. The van der Waals surface area contributed by atoms with E-state index in [2.05, 4.69) is 17.1 Å². The molecule has 1 aliphatic heterocycles. The number of H-pyrrole nitrogens is 1. The highest BCUT2D eigenvalue weighted by molar-refractivity contribution is 7.89. The van der Waals surface area contributed by atoms with Gasteiger partial charge in [-0.3, -0.25) is 4.79 Å². The molecule has 0 spiro atoms. The van der Waals surface area contributed by atoms with Crippen LogP contribution < -0.4 is 0 Å². The van der Waals surface area contributed by atoms with Crippen molar-refractivity contribution in [2.24, 2.45) is 0 Å². The zero-order chi connectivity index (χ0) is 21.8. The van der Waals surface area contributed by atoms with Gasteiger partial charge in [0.15, 0.2) is 0 Å². The molecule has 0 bridgehead atoms. The third kappa shape index (κ3) is 3.27. The number of aromatic amines is 1. The van der Waals surface area contributed by atoms with Crippen molar-refractivity contribution >= 4 is 38.2 Å². The third-order valence-electron chi connectivity index (χ3n) is 5.69. The van der Waals surface area contributed by atoms with Gasteiger partial charge in [-0.15, -0.1) is 11.3 Å². The first-order valence-corrected chi connectivity index (χ1v) is 12.2. The topological polar surface area (TPSA) is 90.5 Å². The van der Waals surface area contributed by atoms with Crippen molar-refractivity contribution in [2.75, 3.05) is 0 Å². The van der Waals surface area contributed by atoms with Crippen LogP contribution in [0.4, 0.5) is 0 Å². The molecule has 5 rings (SSSR count). The predicted molar refractivity (Wildman–Crippen MR) is 121 cm³/mol. The van der Waals surface area contributed by atoms with Crippen LogP contribution in [0, 0.1) is 0 Å². The largest absolute Gasteiger partial charge is 0.480 e. The van der Waals surface area contributed by atoms with E-state index in [1.807, 2.05) is 42.5 Å². The van der Waals surface area contributed by atoms with Crippen molar-refractivity contribution in [3.8, 4) is 21.7 Å². The first-order valence-electron chi connectivity index (χ1n) is 9.94. The summed E-state index contributed by atoms with van der Waals surface area (Å²) >= 11 is 1.40. The molecule has 0 aliphatic carbocycles. The van der Waals surface area contributed by atoms with Gasteiger partial charge in [-0.25, -0.2) is 8.42 Å².